The molecular formula is C16H11N3O4S2. The number of furan rings is 1. The molecule has 126 valence electrons. The molecule has 2 heterocycles. The SMILES string of the molecule is N#Cc1ccc(CS(=O)(=O)NC(=O)c2cnc(-c3ccoc3)s2)cc1. The smallest absolute Gasteiger partial charge is 0.276 e. The first-order chi connectivity index (χ1) is 12.0. The van der Waals surface area contributed by atoms with Crippen LogP contribution >= 0.6 is 11.3 Å². The number of hydrogen-bond donors (Lipinski definition) is 1. The minimum atomic E-state index is -3.87. The number of amides is 1. The van der Waals surface area contributed by atoms with Gasteiger partial charge in [-0.15, -0.1) is 11.3 Å². The molecule has 0 unspecified atom stereocenters. The third-order valence-corrected chi connectivity index (χ3v) is 5.44. The fourth-order valence-electron chi connectivity index (χ4n) is 2.02. The minimum Gasteiger partial charge on any atom is -0.472 e. The van der Waals surface area contributed by atoms with Crippen molar-refractivity contribution >= 4 is 27.3 Å². The van der Waals surface area contributed by atoms with Crippen LogP contribution in [-0.2, 0) is 15.8 Å². The molecule has 0 saturated carbocycles. The molecule has 3 rings (SSSR count). The van der Waals surface area contributed by atoms with Crippen LogP contribution in [0.4, 0.5) is 0 Å². The van der Waals surface area contributed by atoms with Crippen molar-refractivity contribution in [1.29, 1.82) is 5.26 Å². The highest BCUT2D eigenvalue weighted by Gasteiger charge is 2.19. The first kappa shape index (κ1) is 16.9. The summed E-state index contributed by atoms with van der Waals surface area (Å²) in [5.74, 6) is -1.10. The third-order valence-electron chi connectivity index (χ3n) is 3.19. The predicted molar refractivity (Wildman–Crippen MR) is 91.1 cm³/mol. The number of nitrogens with one attached hydrogen (secondary N) is 1. The molecule has 0 fully saturated rings. The van der Waals surface area contributed by atoms with Gasteiger partial charge in [-0.2, -0.15) is 5.26 Å². The number of nitrogens with zero attached hydrogens (tertiary/aromatic N) is 2. The highest BCUT2D eigenvalue weighted by atomic mass is 32.2. The van der Waals surface area contributed by atoms with E-state index in [4.69, 9.17) is 9.68 Å². The van der Waals surface area contributed by atoms with Crippen LogP contribution in [0.3, 0.4) is 0 Å². The molecule has 0 radical (unpaired) electrons. The Morgan fingerprint density at radius 1 is 1.28 bits per heavy atom. The van der Waals surface area contributed by atoms with Gasteiger partial charge in [0.05, 0.1) is 29.8 Å². The van der Waals surface area contributed by atoms with Crippen LogP contribution in [0.5, 0.6) is 0 Å². The second kappa shape index (κ2) is 6.88. The van der Waals surface area contributed by atoms with Gasteiger partial charge in [0.15, 0.2) is 0 Å². The highest BCUT2D eigenvalue weighted by Crippen LogP contribution is 2.25. The van der Waals surface area contributed by atoms with Crippen molar-refractivity contribution in [2.45, 2.75) is 5.75 Å². The molecule has 0 spiro atoms. The van der Waals surface area contributed by atoms with Gasteiger partial charge < -0.3 is 4.42 Å². The van der Waals surface area contributed by atoms with Crippen molar-refractivity contribution in [1.82, 2.24) is 9.71 Å². The second-order valence-corrected chi connectivity index (χ2v) is 7.79. The van der Waals surface area contributed by atoms with Gasteiger partial charge in [-0.3, -0.25) is 4.79 Å². The summed E-state index contributed by atoms with van der Waals surface area (Å²) >= 11 is 1.07. The lowest BCUT2D eigenvalue weighted by atomic mass is 10.2. The first-order valence-electron chi connectivity index (χ1n) is 6.99. The number of nitriles is 1. The van der Waals surface area contributed by atoms with Gasteiger partial charge in [0.2, 0.25) is 10.0 Å². The van der Waals surface area contributed by atoms with Crippen molar-refractivity contribution in [3.63, 3.8) is 0 Å². The maximum atomic E-state index is 12.1. The molecule has 0 saturated heterocycles. The Hall–Kier alpha value is -2.96. The Bertz CT molecular complexity index is 1030. The molecule has 0 aliphatic carbocycles. The lowest BCUT2D eigenvalue weighted by Gasteiger charge is -2.05. The summed E-state index contributed by atoms with van der Waals surface area (Å²) in [6.07, 6.45) is 4.29. The Morgan fingerprint density at radius 2 is 2.04 bits per heavy atom. The summed E-state index contributed by atoms with van der Waals surface area (Å²) in [6, 6.07) is 9.76. The molecule has 25 heavy (non-hydrogen) atoms. The van der Waals surface area contributed by atoms with E-state index >= 15 is 0 Å². The number of carbonyl (C=O) groups is 1. The van der Waals surface area contributed by atoms with Crippen LogP contribution in [0.1, 0.15) is 20.8 Å². The number of thiazole rings is 1. The first-order valence-corrected chi connectivity index (χ1v) is 9.46. The largest absolute Gasteiger partial charge is 0.472 e. The van der Waals surface area contributed by atoms with Crippen molar-refractivity contribution in [2.75, 3.05) is 0 Å². The topological polar surface area (TPSA) is 113 Å². The predicted octanol–water partition coefficient (Wildman–Crippen LogP) is 2.53. The Morgan fingerprint density at radius 3 is 2.68 bits per heavy atom. The number of sulfonamides is 1. The molecule has 0 bridgehead atoms. The van der Waals surface area contributed by atoms with Gasteiger partial charge in [-0.25, -0.2) is 18.1 Å². The van der Waals surface area contributed by atoms with Crippen LogP contribution in [-0.4, -0.2) is 19.3 Å². The summed E-state index contributed by atoms with van der Waals surface area (Å²) in [4.78, 5) is 16.4. The van der Waals surface area contributed by atoms with Gasteiger partial charge >= 0.3 is 0 Å². The number of hydrogen-bond acceptors (Lipinski definition) is 7. The average Bonchev–Trinajstić information content (AvgIpc) is 3.26. The molecule has 1 amide bonds. The van der Waals surface area contributed by atoms with Crippen LogP contribution < -0.4 is 4.72 Å². The second-order valence-electron chi connectivity index (χ2n) is 5.04. The molecule has 1 aromatic carbocycles. The lowest BCUT2D eigenvalue weighted by molar-refractivity contribution is 0.0985. The zero-order valence-electron chi connectivity index (χ0n) is 12.7. The van der Waals surface area contributed by atoms with E-state index in [0.29, 0.717) is 21.7 Å². The highest BCUT2D eigenvalue weighted by molar-refractivity contribution is 7.89. The van der Waals surface area contributed by atoms with Gasteiger partial charge in [0.1, 0.15) is 16.1 Å². The van der Waals surface area contributed by atoms with E-state index in [0.717, 1.165) is 11.3 Å². The molecular weight excluding hydrogens is 362 g/mol. The minimum absolute atomic E-state index is 0.180. The van der Waals surface area contributed by atoms with Gasteiger partial charge in [-0.05, 0) is 23.8 Å². The van der Waals surface area contributed by atoms with Gasteiger partial charge in [0.25, 0.3) is 5.91 Å². The molecule has 1 N–H and O–H groups in total. The zero-order chi connectivity index (χ0) is 17.9. The van der Waals surface area contributed by atoms with Crippen LogP contribution in [0.15, 0.2) is 53.5 Å². The fourth-order valence-corrected chi connectivity index (χ4v) is 3.98. The number of aromatic nitrogens is 1. The zero-order valence-corrected chi connectivity index (χ0v) is 14.3. The number of rotatable bonds is 5. The van der Waals surface area contributed by atoms with Crippen molar-refractivity contribution in [3.05, 3.63) is 65.1 Å². The molecule has 3 aromatic rings. The van der Waals surface area contributed by atoms with Crippen molar-refractivity contribution < 1.29 is 17.6 Å². The lowest BCUT2D eigenvalue weighted by Crippen LogP contribution is -2.31. The maximum Gasteiger partial charge on any atom is 0.276 e. The van der Waals surface area contributed by atoms with E-state index < -0.39 is 15.9 Å². The van der Waals surface area contributed by atoms with E-state index in [1.165, 1.54) is 43.0 Å². The van der Waals surface area contributed by atoms with Crippen LogP contribution in [0.2, 0.25) is 0 Å². The third kappa shape index (κ3) is 4.12. The number of carbonyl (C=O) groups excluding carboxylic acids is 1. The standard InChI is InChI=1S/C16H11N3O4S2/c17-7-11-1-3-12(4-2-11)10-25(21,22)19-15(20)14-8-18-16(24-14)13-5-6-23-9-13/h1-6,8-9H,10H2,(H,19,20). The average molecular weight is 373 g/mol. The Balaban J connectivity index is 1.70. The van der Waals surface area contributed by atoms with Crippen LogP contribution in [0.25, 0.3) is 10.6 Å². The quantitative estimate of drug-likeness (QED) is 0.735. The Kier molecular flexibility index (Phi) is 4.65. The maximum absolute atomic E-state index is 12.1. The molecule has 2 aromatic heterocycles. The number of benzene rings is 1. The molecule has 7 nitrogen and oxygen atoms in total. The molecule has 0 atom stereocenters. The van der Waals surface area contributed by atoms with Gasteiger partial charge in [-0.1, -0.05) is 12.1 Å². The summed E-state index contributed by atoms with van der Waals surface area (Å²) in [7, 11) is -3.87. The Labute approximate surface area is 147 Å². The van der Waals surface area contributed by atoms with Crippen LogP contribution in [0, 0.1) is 11.3 Å². The monoisotopic (exact) mass is 373 g/mol. The van der Waals surface area contributed by atoms with E-state index in [1.54, 1.807) is 6.07 Å². The van der Waals surface area contributed by atoms with Crippen molar-refractivity contribution in [2.24, 2.45) is 0 Å². The summed E-state index contributed by atoms with van der Waals surface area (Å²) in [5, 5.41) is 9.30. The molecule has 9 heteroatoms. The van der Waals surface area contributed by atoms with E-state index in [2.05, 4.69) is 4.98 Å². The normalized spacial score (nSPS) is 11.0. The van der Waals surface area contributed by atoms with E-state index in [-0.39, 0.29) is 10.6 Å². The van der Waals surface area contributed by atoms with E-state index in [9.17, 15) is 13.2 Å². The van der Waals surface area contributed by atoms with Gasteiger partial charge in [0, 0.05) is 5.56 Å². The summed E-state index contributed by atoms with van der Waals surface area (Å²) < 4.78 is 31.3. The van der Waals surface area contributed by atoms with E-state index in [1.807, 2.05) is 10.8 Å². The summed E-state index contributed by atoms with van der Waals surface area (Å²) in [6.45, 7) is 0. The fraction of sp³-hybridized carbons (Fsp3) is 0.0625. The molecule has 0 aliphatic heterocycles. The molecule has 0 aliphatic rings. The van der Waals surface area contributed by atoms with Crippen molar-refractivity contribution in [3.8, 4) is 16.6 Å². The summed E-state index contributed by atoms with van der Waals surface area (Å²) in [5.41, 5.74) is 1.62.